The van der Waals surface area contributed by atoms with Crippen LogP contribution in [0.5, 0.6) is 0 Å². The van der Waals surface area contributed by atoms with Gasteiger partial charge < -0.3 is 4.74 Å². The summed E-state index contributed by atoms with van der Waals surface area (Å²) in [6, 6.07) is 0. The molecule has 1 spiro atoms. The van der Waals surface area contributed by atoms with Crippen LogP contribution in [0.15, 0.2) is 23.8 Å². The summed E-state index contributed by atoms with van der Waals surface area (Å²) in [5.41, 5.74) is 0.963. The molecule has 162 valence electrons. The average molecular weight is 429 g/mol. The molecule has 0 unspecified atom stereocenters. The molecule has 30 heavy (non-hydrogen) atoms. The molecular formula is C25H32O4S. The first-order valence-corrected chi connectivity index (χ1v) is 12.5. The number of fused-ring (bicyclic) bond motifs is 6. The Morgan fingerprint density at radius 2 is 1.93 bits per heavy atom. The summed E-state index contributed by atoms with van der Waals surface area (Å²) >= 11 is 1.28. The topological polar surface area (TPSA) is 60.4 Å². The third kappa shape index (κ3) is 2.76. The number of thioether (sulfide) groups is 1. The normalized spacial score (nSPS) is 46.8. The lowest BCUT2D eigenvalue weighted by atomic mass is 9.47. The summed E-state index contributed by atoms with van der Waals surface area (Å²) in [4.78, 5) is 36.2. The van der Waals surface area contributed by atoms with Crippen LogP contribution in [0, 0.1) is 34.5 Å². The van der Waals surface area contributed by atoms with Gasteiger partial charge in [-0.2, -0.15) is 0 Å². The van der Waals surface area contributed by atoms with Gasteiger partial charge in [-0.1, -0.05) is 37.8 Å². The maximum absolute atomic E-state index is 12.7. The van der Waals surface area contributed by atoms with Gasteiger partial charge in [-0.25, -0.2) is 0 Å². The number of carbonyl (C=O) groups excluding carboxylic acids is 3. The average Bonchev–Trinajstić information content (AvgIpc) is 3.21. The zero-order chi connectivity index (χ0) is 21.3. The first-order valence-electron chi connectivity index (χ1n) is 11.5. The molecule has 5 rings (SSSR count). The molecule has 0 aromatic heterocycles. The zero-order valence-corrected chi connectivity index (χ0v) is 19.1. The number of ketones is 1. The smallest absolute Gasteiger partial charge is 0.306 e. The van der Waals surface area contributed by atoms with E-state index in [1.807, 2.05) is 6.08 Å². The molecule has 0 aromatic rings. The minimum absolute atomic E-state index is 0.0151. The van der Waals surface area contributed by atoms with E-state index in [2.05, 4.69) is 26.0 Å². The highest BCUT2D eigenvalue weighted by molar-refractivity contribution is 8.13. The molecule has 0 N–H and O–H groups in total. The Kier molecular flexibility index (Phi) is 4.67. The van der Waals surface area contributed by atoms with Gasteiger partial charge in [-0.05, 0) is 73.3 Å². The van der Waals surface area contributed by atoms with Crippen LogP contribution in [0.2, 0.25) is 0 Å². The number of esters is 1. The van der Waals surface area contributed by atoms with E-state index in [-0.39, 0.29) is 39.2 Å². The summed E-state index contributed by atoms with van der Waals surface area (Å²) < 4.78 is 6.03. The van der Waals surface area contributed by atoms with Crippen molar-refractivity contribution in [3.63, 3.8) is 0 Å². The van der Waals surface area contributed by atoms with Crippen molar-refractivity contribution in [1.29, 1.82) is 0 Å². The van der Waals surface area contributed by atoms with Crippen LogP contribution in [0.3, 0.4) is 0 Å². The van der Waals surface area contributed by atoms with E-state index in [1.54, 1.807) is 6.92 Å². The monoisotopic (exact) mass is 428 g/mol. The van der Waals surface area contributed by atoms with Crippen LogP contribution >= 0.6 is 11.8 Å². The maximum Gasteiger partial charge on any atom is 0.306 e. The van der Waals surface area contributed by atoms with Gasteiger partial charge in [0.05, 0.1) is 0 Å². The highest BCUT2D eigenvalue weighted by atomic mass is 32.2. The number of allylic oxidation sites excluding steroid dienone is 4. The first-order chi connectivity index (χ1) is 14.2. The van der Waals surface area contributed by atoms with E-state index in [4.69, 9.17) is 4.74 Å². The van der Waals surface area contributed by atoms with Crippen molar-refractivity contribution >= 4 is 28.6 Å². The number of hydrogen-bond acceptors (Lipinski definition) is 5. The van der Waals surface area contributed by atoms with Gasteiger partial charge in [0, 0.05) is 30.4 Å². The third-order valence-corrected chi connectivity index (χ3v) is 10.5. The fourth-order valence-corrected chi connectivity index (χ4v) is 8.56. The molecule has 0 amide bonds. The second-order valence-corrected chi connectivity index (χ2v) is 11.9. The Bertz CT molecular complexity index is 874. The number of ether oxygens (including phenoxy) is 1. The Balaban J connectivity index is 1.45. The fourth-order valence-electron chi connectivity index (χ4n) is 7.85. The van der Waals surface area contributed by atoms with Gasteiger partial charge in [0.2, 0.25) is 0 Å². The number of carbonyl (C=O) groups is 3. The second kappa shape index (κ2) is 6.82. The van der Waals surface area contributed by atoms with Gasteiger partial charge >= 0.3 is 5.97 Å². The molecule has 3 fully saturated rings. The van der Waals surface area contributed by atoms with E-state index >= 15 is 0 Å². The molecule has 1 aliphatic heterocycles. The highest BCUT2D eigenvalue weighted by Gasteiger charge is 2.66. The summed E-state index contributed by atoms with van der Waals surface area (Å²) in [5, 5.41) is 0.0833. The minimum atomic E-state index is -0.256. The molecule has 5 aliphatic rings. The van der Waals surface area contributed by atoms with Crippen LogP contribution < -0.4 is 0 Å². The van der Waals surface area contributed by atoms with Crippen molar-refractivity contribution in [2.45, 2.75) is 71.3 Å². The third-order valence-electron chi connectivity index (χ3n) is 9.50. The molecule has 1 saturated heterocycles. The zero-order valence-electron chi connectivity index (χ0n) is 18.2. The Labute approximate surface area is 183 Å². The van der Waals surface area contributed by atoms with Gasteiger partial charge in [0.15, 0.2) is 10.9 Å². The second-order valence-electron chi connectivity index (χ2n) is 10.7. The molecule has 7 atom stereocenters. The molecule has 4 nitrogen and oxygen atoms in total. The van der Waals surface area contributed by atoms with Crippen molar-refractivity contribution in [3.05, 3.63) is 23.8 Å². The lowest BCUT2D eigenvalue weighted by molar-refractivity contribution is -0.165. The van der Waals surface area contributed by atoms with Gasteiger partial charge in [-0.15, -0.1) is 0 Å². The standard InChI is InChI=1S/C25H32O4S/c1-15(26)30-14-16-13-23(2)17(12-21(16)27)4-5-18-19(23)6-9-24(3)20(18)7-10-25(24)11-8-22(28)29-25/h4-5,12,16,18-20H,6-11,13-14H2,1-3H3/t16-,18+,19-,20-,23-,24-,25+/m0/s1. The Morgan fingerprint density at radius 1 is 1.17 bits per heavy atom. The minimum Gasteiger partial charge on any atom is -0.458 e. The Hall–Kier alpha value is -1.36. The van der Waals surface area contributed by atoms with E-state index in [1.165, 1.54) is 17.3 Å². The van der Waals surface area contributed by atoms with E-state index in [9.17, 15) is 14.4 Å². The lowest BCUT2D eigenvalue weighted by Crippen LogP contribution is -2.54. The van der Waals surface area contributed by atoms with Gasteiger partial charge in [0.25, 0.3) is 0 Å². The van der Waals surface area contributed by atoms with Crippen molar-refractivity contribution < 1.29 is 19.1 Å². The van der Waals surface area contributed by atoms with E-state index in [0.717, 1.165) is 38.5 Å². The lowest BCUT2D eigenvalue weighted by Gasteiger charge is -2.57. The molecule has 0 aromatic carbocycles. The van der Waals surface area contributed by atoms with Crippen LogP contribution in [-0.4, -0.2) is 28.2 Å². The predicted octanol–water partition coefficient (Wildman–Crippen LogP) is 4.88. The molecule has 2 saturated carbocycles. The van der Waals surface area contributed by atoms with Gasteiger partial charge in [0.1, 0.15) is 5.60 Å². The van der Waals surface area contributed by atoms with Crippen molar-refractivity contribution in [3.8, 4) is 0 Å². The van der Waals surface area contributed by atoms with E-state index in [0.29, 0.717) is 29.9 Å². The summed E-state index contributed by atoms with van der Waals surface area (Å²) in [6.07, 6.45) is 13.0. The van der Waals surface area contributed by atoms with Gasteiger partial charge in [-0.3, -0.25) is 14.4 Å². The summed E-state index contributed by atoms with van der Waals surface area (Å²) in [6.45, 7) is 6.30. The van der Waals surface area contributed by atoms with Crippen LogP contribution in [0.1, 0.15) is 65.7 Å². The van der Waals surface area contributed by atoms with Crippen molar-refractivity contribution in [2.75, 3.05) is 5.75 Å². The van der Waals surface area contributed by atoms with Crippen LogP contribution in [0.25, 0.3) is 0 Å². The summed E-state index contributed by atoms with van der Waals surface area (Å²) in [5.74, 6) is 2.19. The number of rotatable bonds is 2. The molecule has 5 heteroatoms. The molecular weight excluding hydrogens is 396 g/mol. The Morgan fingerprint density at radius 3 is 2.63 bits per heavy atom. The SMILES string of the molecule is CC(=O)SC[C@@H]1C[C@@]2(C)C(=CC1=O)C=C[C@@H]1[C@@H]2CC[C@@]2(C)[C@H]1CC[C@@]21CCC(=O)O1. The quantitative estimate of drug-likeness (QED) is 0.587. The summed E-state index contributed by atoms with van der Waals surface area (Å²) in [7, 11) is 0. The molecule has 0 radical (unpaired) electrons. The molecule has 1 heterocycles. The van der Waals surface area contributed by atoms with Crippen LogP contribution in [0.4, 0.5) is 0 Å². The number of hydrogen-bond donors (Lipinski definition) is 0. The maximum atomic E-state index is 12.7. The highest BCUT2D eigenvalue weighted by Crippen LogP contribution is 2.68. The molecule has 0 bridgehead atoms. The van der Waals surface area contributed by atoms with Crippen LogP contribution in [-0.2, 0) is 19.1 Å². The van der Waals surface area contributed by atoms with Crippen molar-refractivity contribution in [1.82, 2.24) is 0 Å². The fraction of sp³-hybridized carbons (Fsp3) is 0.720. The predicted molar refractivity (Wildman–Crippen MR) is 117 cm³/mol. The largest absolute Gasteiger partial charge is 0.458 e. The molecule has 4 aliphatic carbocycles. The first kappa shape index (κ1) is 20.5. The van der Waals surface area contributed by atoms with Crippen molar-refractivity contribution in [2.24, 2.45) is 34.5 Å². The van der Waals surface area contributed by atoms with E-state index < -0.39 is 0 Å².